The molecule has 0 aromatic carbocycles. The lowest BCUT2D eigenvalue weighted by Crippen LogP contribution is -2.40. The molecule has 2 aliphatic rings. The van der Waals surface area contributed by atoms with E-state index in [2.05, 4.69) is 20.1 Å². The first-order valence-electron chi connectivity index (χ1n) is 8.86. The number of rotatable bonds is 2. The number of nitrogens with two attached hydrogens (primary N) is 1. The van der Waals surface area contributed by atoms with Gasteiger partial charge in [0.1, 0.15) is 5.69 Å². The Morgan fingerprint density at radius 2 is 2.04 bits per heavy atom. The van der Waals surface area contributed by atoms with Gasteiger partial charge in [-0.1, -0.05) is 5.16 Å². The van der Waals surface area contributed by atoms with Crippen LogP contribution in [0, 0.1) is 6.92 Å². The van der Waals surface area contributed by atoms with E-state index in [0.717, 1.165) is 49.8 Å². The minimum atomic E-state index is -0.0582. The number of piperidine rings is 1. The Kier molecular flexibility index (Phi) is 4.10. The lowest BCUT2D eigenvalue weighted by molar-refractivity contribution is 0.0696. The Morgan fingerprint density at radius 3 is 2.84 bits per heavy atom. The zero-order valence-corrected chi connectivity index (χ0v) is 14.4. The molecule has 0 saturated carbocycles. The van der Waals surface area contributed by atoms with E-state index in [0.29, 0.717) is 30.5 Å². The summed E-state index contributed by atoms with van der Waals surface area (Å²) in [4.78, 5) is 27.9. The number of aryl methyl sites for hydroxylation is 2. The fourth-order valence-corrected chi connectivity index (χ4v) is 3.79. The molecule has 4 rings (SSSR count). The summed E-state index contributed by atoms with van der Waals surface area (Å²) in [6.07, 6.45) is 5.72. The molecular weight excluding hydrogens is 320 g/mol. The predicted octanol–water partition coefficient (Wildman–Crippen LogP) is 1.65. The van der Waals surface area contributed by atoms with Gasteiger partial charge in [-0.2, -0.15) is 4.98 Å². The first-order valence-corrected chi connectivity index (χ1v) is 8.86. The Labute approximate surface area is 145 Å². The van der Waals surface area contributed by atoms with Crippen molar-refractivity contribution in [3.8, 4) is 0 Å². The maximum absolute atomic E-state index is 13.1. The second-order valence-electron chi connectivity index (χ2n) is 6.82. The highest BCUT2D eigenvalue weighted by Crippen LogP contribution is 2.28. The van der Waals surface area contributed by atoms with Gasteiger partial charge in [-0.15, -0.1) is 0 Å². The highest BCUT2D eigenvalue weighted by molar-refractivity contribution is 5.94. The Morgan fingerprint density at radius 1 is 1.20 bits per heavy atom. The van der Waals surface area contributed by atoms with Gasteiger partial charge >= 0.3 is 0 Å². The quantitative estimate of drug-likeness (QED) is 0.883. The summed E-state index contributed by atoms with van der Waals surface area (Å²) in [5.74, 6) is 1.46. The molecule has 2 aromatic rings. The van der Waals surface area contributed by atoms with Crippen LogP contribution in [0.15, 0.2) is 4.52 Å². The van der Waals surface area contributed by atoms with Crippen molar-refractivity contribution in [2.45, 2.75) is 51.4 Å². The molecule has 0 unspecified atom stereocenters. The van der Waals surface area contributed by atoms with E-state index in [1.807, 2.05) is 4.90 Å². The Hall–Kier alpha value is -2.51. The van der Waals surface area contributed by atoms with Crippen LogP contribution in [0.3, 0.4) is 0 Å². The number of likely N-dealkylation sites (tertiary alicyclic amines) is 1. The lowest BCUT2D eigenvalue weighted by atomic mass is 9.93. The van der Waals surface area contributed by atoms with E-state index in [1.54, 1.807) is 6.92 Å². The van der Waals surface area contributed by atoms with Crippen LogP contribution in [0.25, 0.3) is 0 Å². The van der Waals surface area contributed by atoms with Crippen molar-refractivity contribution >= 4 is 11.9 Å². The monoisotopic (exact) mass is 342 g/mol. The molecule has 8 heteroatoms. The van der Waals surface area contributed by atoms with Crippen LogP contribution < -0.4 is 5.73 Å². The van der Waals surface area contributed by atoms with Crippen LogP contribution in [-0.2, 0) is 12.8 Å². The Bertz CT molecular complexity index is 802. The predicted molar refractivity (Wildman–Crippen MR) is 90.0 cm³/mol. The first-order chi connectivity index (χ1) is 12.1. The molecule has 1 aliphatic heterocycles. The van der Waals surface area contributed by atoms with Crippen molar-refractivity contribution in [1.29, 1.82) is 0 Å². The van der Waals surface area contributed by atoms with Gasteiger partial charge in [0.25, 0.3) is 5.91 Å². The van der Waals surface area contributed by atoms with Crippen LogP contribution in [0.1, 0.15) is 65.1 Å². The summed E-state index contributed by atoms with van der Waals surface area (Å²) in [7, 11) is 0. The van der Waals surface area contributed by atoms with Crippen molar-refractivity contribution in [2.24, 2.45) is 0 Å². The molecule has 1 saturated heterocycles. The molecule has 3 heterocycles. The molecule has 132 valence electrons. The molecule has 2 aromatic heterocycles. The second kappa shape index (κ2) is 6.42. The number of anilines is 1. The van der Waals surface area contributed by atoms with E-state index >= 15 is 0 Å². The fraction of sp³-hybridized carbons (Fsp3) is 0.588. The van der Waals surface area contributed by atoms with Crippen molar-refractivity contribution in [3.63, 3.8) is 0 Å². The van der Waals surface area contributed by atoms with Crippen molar-refractivity contribution in [1.82, 2.24) is 25.0 Å². The molecule has 25 heavy (non-hydrogen) atoms. The topological polar surface area (TPSA) is 111 Å². The zero-order valence-electron chi connectivity index (χ0n) is 14.4. The van der Waals surface area contributed by atoms with Crippen molar-refractivity contribution in [3.05, 3.63) is 28.7 Å². The summed E-state index contributed by atoms with van der Waals surface area (Å²) in [6.45, 7) is 3.07. The summed E-state index contributed by atoms with van der Waals surface area (Å²) in [5, 5.41) is 4.02. The third-order valence-corrected chi connectivity index (χ3v) is 5.02. The fourth-order valence-electron chi connectivity index (χ4n) is 3.79. The largest absolute Gasteiger partial charge is 0.368 e. The van der Waals surface area contributed by atoms with E-state index in [1.165, 1.54) is 0 Å². The number of carbonyl (C=O) groups is 1. The third-order valence-electron chi connectivity index (χ3n) is 5.02. The normalized spacial score (nSPS) is 20.4. The van der Waals surface area contributed by atoms with E-state index in [4.69, 9.17) is 10.3 Å². The number of amides is 1. The number of fused-ring (bicyclic) bond motifs is 1. The van der Waals surface area contributed by atoms with Gasteiger partial charge in [-0.25, -0.2) is 9.97 Å². The SMILES string of the molecule is Cc1nc([C@@H]2CCCN(C(=O)c3nc(N)nc4c3CCCC4)C2)no1. The number of aromatic nitrogens is 4. The Balaban J connectivity index is 1.59. The summed E-state index contributed by atoms with van der Waals surface area (Å²) in [6, 6.07) is 0. The van der Waals surface area contributed by atoms with Crippen LogP contribution in [0.4, 0.5) is 5.95 Å². The molecule has 1 atom stereocenters. The molecule has 1 amide bonds. The second-order valence-corrected chi connectivity index (χ2v) is 6.82. The summed E-state index contributed by atoms with van der Waals surface area (Å²) in [5.41, 5.74) is 8.23. The molecule has 2 N–H and O–H groups in total. The maximum atomic E-state index is 13.1. The minimum Gasteiger partial charge on any atom is -0.368 e. The van der Waals surface area contributed by atoms with Crippen molar-refractivity contribution < 1.29 is 9.32 Å². The number of carbonyl (C=O) groups excluding carboxylic acids is 1. The van der Waals surface area contributed by atoms with Crippen LogP contribution in [-0.4, -0.2) is 44.0 Å². The molecular formula is C17H22N6O2. The number of nitrogen functional groups attached to an aromatic ring is 1. The highest BCUT2D eigenvalue weighted by atomic mass is 16.5. The van der Waals surface area contributed by atoms with Gasteiger partial charge in [0.05, 0.1) is 0 Å². The van der Waals surface area contributed by atoms with E-state index < -0.39 is 0 Å². The summed E-state index contributed by atoms with van der Waals surface area (Å²) < 4.78 is 5.09. The van der Waals surface area contributed by atoms with Gasteiger partial charge < -0.3 is 15.2 Å². The standard InChI is InChI=1S/C17H22N6O2/c1-10-19-15(22-25-10)11-5-4-8-23(9-11)16(24)14-12-6-2-3-7-13(12)20-17(18)21-14/h11H,2-9H2,1H3,(H2,18,20,21)/t11-/m1/s1. The van der Waals surface area contributed by atoms with Gasteiger partial charge in [0, 0.05) is 37.2 Å². The number of hydrogen-bond donors (Lipinski definition) is 1. The smallest absolute Gasteiger partial charge is 0.272 e. The van der Waals surface area contributed by atoms with Crippen molar-refractivity contribution in [2.75, 3.05) is 18.8 Å². The summed E-state index contributed by atoms with van der Waals surface area (Å²) >= 11 is 0. The number of hydrogen-bond acceptors (Lipinski definition) is 7. The van der Waals surface area contributed by atoms with Gasteiger partial charge in [-0.3, -0.25) is 4.79 Å². The first kappa shape index (κ1) is 16.0. The molecule has 1 aliphatic carbocycles. The average Bonchev–Trinajstić information content (AvgIpc) is 3.07. The van der Waals surface area contributed by atoms with Gasteiger partial charge in [0.2, 0.25) is 11.8 Å². The molecule has 0 bridgehead atoms. The molecule has 0 spiro atoms. The van der Waals surface area contributed by atoms with Crippen LogP contribution in [0.5, 0.6) is 0 Å². The zero-order chi connectivity index (χ0) is 17.4. The van der Waals surface area contributed by atoms with Gasteiger partial charge in [-0.05, 0) is 38.5 Å². The minimum absolute atomic E-state index is 0.0582. The van der Waals surface area contributed by atoms with Crippen LogP contribution >= 0.6 is 0 Å². The van der Waals surface area contributed by atoms with Gasteiger partial charge in [0.15, 0.2) is 5.82 Å². The molecule has 0 radical (unpaired) electrons. The highest BCUT2D eigenvalue weighted by Gasteiger charge is 2.31. The van der Waals surface area contributed by atoms with Crippen LogP contribution in [0.2, 0.25) is 0 Å². The average molecular weight is 342 g/mol. The maximum Gasteiger partial charge on any atom is 0.272 e. The van der Waals surface area contributed by atoms with E-state index in [-0.39, 0.29) is 17.8 Å². The third kappa shape index (κ3) is 3.08. The lowest BCUT2D eigenvalue weighted by Gasteiger charge is -2.32. The molecule has 1 fully saturated rings. The molecule has 8 nitrogen and oxygen atoms in total. The number of nitrogens with zero attached hydrogens (tertiary/aromatic N) is 5. The van der Waals surface area contributed by atoms with E-state index in [9.17, 15) is 4.79 Å².